The Balaban J connectivity index is 2.59. The Labute approximate surface area is 103 Å². The van der Waals surface area contributed by atoms with Crippen LogP contribution in [-0.2, 0) is 0 Å². The largest absolute Gasteiger partial charge is 0.333 e. The van der Waals surface area contributed by atoms with Crippen LogP contribution < -0.4 is 0 Å². The van der Waals surface area contributed by atoms with Gasteiger partial charge in [-0.25, -0.2) is 4.98 Å². The van der Waals surface area contributed by atoms with Crippen LogP contribution in [-0.4, -0.2) is 9.97 Å². The molecule has 0 atom stereocenters. The average Bonchev–Trinajstić information content (AvgIpc) is 2.60. The van der Waals surface area contributed by atoms with Gasteiger partial charge in [0.15, 0.2) is 0 Å². The monoisotopic (exact) mass is 251 g/mol. The number of imidazole rings is 1. The van der Waals surface area contributed by atoms with Gasteiger partial charge < -0.3 is 4.98 Å². The van der Waals surface area contributed by atoms with Crippen LogP contribution in [0.1, 0.15) is 11.5 Å². The zero-order valence-electron chi connectivity index (χ0n) is 8.38. The third-order valence-corrected chi connectivity index (χ3v) is 2.72. The van der Waals surface area contributed by atoms with Crippen LogP contribution in [0.15, 0.2) is 18.2 Å². The van der Waals surface area contributed by atoms with E-state index in [1.807, 2.05) is 13.0 Å². The lowest BCUT2D eigenvalue weighted by Gasteiger charge is -2.02. The smallest absolute Gasteiger partial charge is 0.210 e. The highest BCUT2D eigenvalue weighted by molar-refractivity contribution is 6.36. The third kappa shape index (κ3) is 1.90. The molecule has 2 rings (SSSR count). The van der Waals surface area contributed by atoms with Gasteiger partial charge in [-0.15, -0.1) is 0 Å². The number of nitrogens with one attached hydrogen (secondary N) is 1. The number of hydrogen-bond donors (Lipinski definition) is 1. The molecule has 0 fully saturated rings. The number of benzene rings is 1. The first-order valence-corrected chi connectivity index (χ1v) is 5.29. The lowest BCUT2D eigenvalue weighted by molar-refractivity contribution is 1.20. The van der Waals surface area contributed by atoms with Gasteiger partial charge in [0.05, 0.1) is 10.7 Å². The zero-order chi connectivity index (χ0) is 11.7. The summed E-state index contributed by atoms with van der Waals surface area (Å²) in [5, 5.41) is 9.83. The summed E-state index contributed by atoms with van der Waals surface area (Å²) >= 11 is 11.9. The van der Waals surface area contributed by atoms with Gasteiger partial charge in [0, 0.05) is 16.3 Å². The SMILES string of the molecule is Cc1[nH]c(C#N)nc1-c1ccc(Cl)cc1Cl. The molecule has 1 aromatic carbocycles. The van der Waals surface area contributed by atoms with E-state index in [1.165, 1.54) is 0 Å². The number of nitriles is 1. The topological polar surface area (TPSA) is 52.5 Å². The molecule has 0 aliphatic rings. The summed E-state index contributed by atoms with van der Waals surface area (Å²) in [4.78, 5) is 7.02. The van der Waals surface area contributed by atoms with Crippen molar-refractivity contribution in [3.63, 3.8) is 0 Å². The van der Waals surface area contributed by atoms with E-state index >= 15 is 0 Å². The molecule has 2 aromatic rings. The van der Waals surface area contributed by atoms with Crippen molar-refractivity contribution in [2.24, 2.45) is 0 Å². The van der Waals surface area contributed by atoms with Crippen LogP contribution in [0.3, 0.4) is 0 Å². The fourth-order valence-corrected chi connectivity index (χ4v) is 1.96. The van der Waals surface area contributed by atoms with E-state index in [0.717, 1.165) is 11.3 Å². The second-order valence-electron chi connectivity index (χ2n) is 3.29. The van der Waals surface area contributed by atoms with Crippen LogP contribution >= 0.6 is 23.2 Å². The van der Waals surface area contributed by atoms with E-state index in [-0.39, 0.29) is 5.82 Å². The Bertz CT molecular complexity index is 581. The molecule has 80 valence electrons. The number of rotatable bonds is 1. The molecule has 0 amide bonds. The molecule has 5 heteroatoms. The minimum absolute atomic E-state index is 0.276. The zero-order valence-corrected chi connectivity index (χ0v) is 9.89. The van der Waals surface area contributed by atoms with Crippen molar-refractivity contribution >= 4 is 23.2 Å². The molecule has 1 aromatic heterocycles. The molecule has 1 N–H and O–H groups in total. The second kappa shape index (κ2) is 4.17. The van der Waals surface area contributed by atoms with E-state index in [0.29, 0.717) is 15.7 Å². The Kier molecular flexibility index (Phi) is 2.86. The fraction of sp³-hybridized carbons (Fsp3) is 0.0909. The number of H-pyrrole nitrogens is 1. The Morgan fingerprint density at radius 2 is 2.12 bits per heavy atom. The van der Waals surface area contributed by atoms with Crippen LogP contribution in [0.25, 0.3) is 11.3 Å². The molecule has 0 saturated heterocycles. The highest BCUT2D eigenvalue weighted by Crippen LogP contribution is 2.30. The van der Waals surface area contributed by atoms with Gasteiger partial charge in [-0.05, 0) is 25.1 Å². The number of aromatic amines is 1. The number of aromatic nitrogens is 2. The number of aryl methyl sites for hydroxylation is 1. The van der Waals surface area contributed by atoms with E-state index in [9.17, 15) is 0 Å². The predicted molar refractivity (Wildman–Crippen MR) is 63.5 cm³/mol. The molecule has 0 unspecified atom stereocenters. The van der Waals surface area contributed by atoms with E-state index in [2.05, 4.69) is 9.97 Å². The van der Waals surface area contributed by atoms with Crippen molar-refractivity contribution in [1.82, 2.24) is 9.97 Å². The molecule has 0 spiro atoms. The minimum Gasteiger partial charge on any atom is -0.333 e. The van der Waals surface area contributed by atoms with Crippen LogP contribution in [0.5, 0.6) is 0 Å². The van der Waals surface area contributed by atoms with Crippen molar-refractivity contribution in [2.75, 3.05) is 0 Å². The summed E-state index contributed by atoms with van der Waals surface area (Å²) in [6.45, 7) is 1.84. The first-order valence-electron chi connectivity index (χ1n) is 4.54. The third-order valence-electron chi connectivity index (χ3n) is 2.18. The van der Waals surface area contributed by atoms with Gasteiger partial charge in [0.1, 0.15) is 6.07 Å². The number of halogens is 2. The molecule has 0 saturated carbocycles. The highest BCUT2D eigenvalue weighted by atomic mass is 35.5. The molecular weight excluding hydrogens is 245 g/mol. The van der Waals surface area contributed by atoms with Gasteiger partial charge in [-0.1, -0.05) is 23.2 Å². The highest BCUT2D eigenvalue weighted by Gasteiger charge is 2.11. The van der Waals surface area contributed by atoms with Crippen molar-refractivity contribution < 1.29 is 0 Å². The molecule has 0 aliphatic heterocycles. The number of hydrogen-bond acceptors (Lipinski definition) is 2. The molecule has 0 bridgehead atoms. The van der Waals surface area contributed by atoms with Crippen molar-refractivity contribution in [2.45, 2.75) is 6.92 Å². The quantitative estimate of drug-likeness (QED) is 0.843. The summed E-state index contributed by atoms with van der Waals surface area (Å²) in [7, 11) is 0. The van der Waals surface area contributed by atoms with Crippen molar-refractivity contribution in [3.8, 4) is 17.3 Å². The van der Waals surface area contributed by atoms with Crippen LogP contribution in [0, 0.1) is 18.3 Å². The first-order chi connectivity index (χ1) is 7.61. The summed E-state index contributed by atoms with van der Waals surface area (Å²) in [5.41, 5.74) is 2.25. The predicted octanol–water partition coefficient (Wildman–Crippen LogP) is 3.56. The lowest BCUT2D eigenvalue weighted by Crippen LogP contribution is -1.83. The normalized spacial score (nSPS) is 10.1. The van der Waals surface area contributed by atoms with Gasteiger partial charge in [0.2, 0.25) is 5.82 Å². The summed E-state index contributed by atoms with van der Waals surface area (Å²) < 4.78 is 0. The Hall–Kier alpha value is -1.50. The molecule has 16 heavy (non-hydrogen) atoms. The van der Waals surface area contributed by atoms with Crippen LogP contribution in [0.4, 0.5) is 0 Å². The van der Waals surface area contributed by atoms with Crippen molar-refractivity contribution in [1.29, 1.82) is 5.26 Å². The molecule has 1 heterocycles. The maximum Gasteiger partial charge on any atom is 0.210 e. The van der Waals surface area contributed by atoms with E-state index < -0.39 is 0 Å². The van der Waals surface area contributed by atoms with Gasteiger partial charge >= 0.3 is 0 Å². The van der Waals surface area contributed by atoms with E-state index in [4.69, 9.17) is 28.5 Å². The molecule has 0 radical (unpaired) electrons. The maximum absolute atomic E-state index is 8.74. The van der Waals surface area contributed by atoms with Crippen molar-refractivity contribution in [3.05, 3.63) is 39.8 Å². The summed E-state index contributed by atoms with van der Waals surface area (Å²) in [6.07, 6.45) is 0. The molecule has 0 aliphatic carbocycles. The standard InChI is InChI=1S/C11H7Cl2N3/c1-6-11(16-10(5-14)15-6)8-3-2-7(12)4-9(8)13/h2-4H,1H3,(H,15,16). The Morgan fingerprint density at radius 1 is 1.38 bits per heavy atom. The lowest BCUT2D eigenvalue weighted by atomic mass is 10.1. The minimum atomic E-state index is 0.276. The Morgan fingerprint density at radius 3 is 2.69 bits per heavy atom. The fourth-order valence-electron chi connectivity index (χ4n) is 1.46. The molecule has 3 nitrogen and oxygen atoms in total. The number of nitrogens with zero attached hydrogens (tertiary/aromatic N) is 2. The maximum atomic E-state index is 8.74. The van der Waals surface area contributed by atoms with E-state index in [1.54, 1.807) is 18.2 Å². The van der Waals surface area contributed by atoms with Gasteiger partial charge in [-0.3, -0.25) is 0 Å². The summed E-state index contributed by atoms with van der Waals surface area (Å²) in [6, 6.07) is 7.13. The average molecular weight is 252 g/mol. The molecular formula is C11H7Cl2N3. The van der Waals surface area contributed by atoms with Gasteiger partial charge in [-0.2, -0.15) is 5.26 Å². The first kappa shape index (κ1) is 11.0. The second-order valence-corrected chi connectivity index (χ2v) is 4.14. The summed E-state index contributed by atoms with van der Waals surface area (Å²) in [5.74, 6) is 0.276. The van der Waals surface area contributed by atoms with Gasteiger partial charge in [0.25, 0.3) is 0 Å². The van der Waals surface area contributed by atoms with Crippen LogP contribution in [0.2, 0.25) is 10.0 Å².